The maximum Gasteiger partial charge on any atom is 0.350 e. The molecule has 1 unspecified atom stereocenters. The second-order valence-electron chi connectivity index (χ2n) is 5.54. The molecule has 150 valence electrons. The summed E-state index contributed by atoms with van der Waals surface area (Å²) in [4.78, 5) is 53.1. The summed E-state index contributed by atoms with van der Waals surface area (Å²) in [6, 6.07) is 1.24. The van der Waals surface area contributed by atoms with E-state index in [0.717, 1.165) is 19.3 Å². The van der Waals surface area contributed by atoms with Crippen LogP contribution < -0.4 is 11.2 Å². The van der Waals surface area contributed by atoms with Crippen LogP contribution in [0, 0.1) is 0 Å². The Hall–Kier alpha value is -1.74. The number of aromatic amines is 2. The van der Waals surface area contributed by atoms with Crippen LogP contribution in [-0.4, -0.2) is 44.8 Å². The largest absolute Gasteiger partial charge is 0.463 e. The molecule has 0 radical (unpaired) electrons. The molecule has 0 spiro atoms. The molecule has 0 aliphatic rings. The van der Waals surface area contributed by atoms with E-state index in [1.807, 2.05) is 4.98 Å². The van der Waals surface area contributed by atoms with Gasteiger partial charge in [-0.05, 0) is 13.3 Å². The van der Waals surface area contributed by atoms with Gasteiger partial charge in [0.25, 0.3) is 5.56 Å². The first kappa shape index (κ1) is 24.3. The first-order valence-electron chi connectivity index (χ1n) is 8.24. The van der Waals surface area contributed by atoms with E-state index in [1.165, 1.54) is 12.3 Å². The van der Waals surface area contributed by atoms with E-state index in [-0.39, 0.29) is 24.2 Å². The van der Waals surface area contributed by atoms with E-state index < -0.39 is 19.6 Å². The molecule has 1 rings (SSSR count). The second-order valence-corrected chi connectivity index (χ2v) is 7.13. The predicted molar refractivity (Wildman–Crippen MR) is 94.9 cm³/mol. The van der Waals surface area contributed by atoms with Gasteiger partial charge in [-0.2, -0.15) is 0 Å². The van der Waals surface area contributed by atoms with E-state index in [0.29, 0.717) is 12.8 Å². The van der Waals surface area contributed by atoms with Gasteiger partial charge in [-0.15, -0.1) is 0 Å². The van der Waals surface area contributed by atoms with Gasteiger partial charge in [0.1, 0.15) is 12.5 Å². The molecule has 1 aromatic rings. The number of esters is 1. The number of ether oxygens (including phenoxy) is 2. The Morgan fingerprint density at radius 3 is 2.50 bits per heavy atom. The van der Waals surface area contributed by atoms with Crippen molar-refractivity contribution in [2.24, 2.45) is 0 Å². The molecule has 0 bridgehead atoms. The average molecular weight is 394 g/mol. The summed E-state index contributed by atoms with van der Waals surface area (Å²) in [6.45, 7) is 3.96. The minimum Gasteiger partial charge on any atom is -0.463 e. The highest BCUT2D eigenvalue weighted by atomic mass is 31.2. The normalized spacial score (nSPS) is 12.0. The lowest BCUT2D eigenvalue weighted by molar-refractivity contribution is -0.149. The van der Waals surface area contributed by atoms with E-state index >= 15 is 0 Å². The number of carbonyl (C=O) groups is 1. The van der Waals surface area contributed by atoms with Gasteiger partial charge in [0, 0.05) is 25.1 Å². The summed E-state index contributed by atoms with van der Waals surface area (Å²) in [6.07, 6.45) is 4.15. The number of aromatic nitrogens is 2. The lowest BCUT2D eigenvalue weighted by atomic mass is 10.2. The van der Waals surface area contributed by atoms with E-state index in [2.05, 4.69) is 11.9 Å². The van der Waals surface area contributed by atoms with Crippen LogP contribution in [0.2, 0.25) is 0 Å². The molecule has 11 heteroatoms. The fourth-order valence-corrected chi connectivity index (χ4v) is 2.04. The molecule has 0 saturated carbocycles. The van der Waals surface area contributed by atoms with Crippen molar-refractivity contribution in [2.75, 3.05) is 13.0 Å². The van der Waals surface area contributed by atoms with Gasteiger partial charge in [-0.3, -0.25) is 19.1 Å². The van der Waals surface area contributed by atoms with Gasteiger partial charge >= 0.3 is 19.3 Å². The monoisotopic (exact) mass is 394 g/mol. The van der Waals surface area contributed by atoms with Crippen molar-refractivity contribution in [2.45, 2.75) is 52.1 Å². The first-order valence-corrected chi connectivity index (χ1v) is 10.0. The fourth-order valence-electron chi connectivity index (χ4n) is 1.68. The number of hydrogen-bond acceptors (Lipinski definition) is 6. The Morgan fingerprint density at radius 1 is 1.31 bits per heavy atom. The van der Waals surface area contributed by atoms with Crippen molar-refractivity contribution >= 4 is 13.6 Å². The van der Waals surface area contributed by atoms with Crippen molar-refractivity contribution < 1.29 is 28.6 Å². The predicted octanol–water partition coefficient (Wildman–Crippen LogP) is 1.10. The van der Waals surface area contributed by atoms with Gasteiger partial charge < -0.3 is 24.2 Å². The summed E-state index contributed by atoms with van der Waals surface area (Å²) >= 11 is 0. The Balaban J connectivity index is 0.000000642. The minimum absolute atomic E-state index is 0.161. The van der Waals surface area contributed by atoms with E-state index in [4.69, 9.17) is 19.3 Å². The van der Waals surface area contributed by atoms with Crippen molar-refractivity contribution in [3.05, 3.63) is 33.1 Å². The zero-order valence-corrected chi connectivity index (χ0v) is 15.9. The molecule has 0 fully saturated rings. The van der Waals surface area contributed by atoms with E-state index in [1.54, 1.807) is 6.92 Å². The summed E-state index contributed by atoms with van der Waals surface area (Å²) in [5, 5.41) is 0. The smallest absolute Gasteiger partial charge is 0.350 e. The van der Waals surface area contributed by atoms with Crippen LogP contribution in [0.1, 0.15) is 46.0 Å². The molecule has 1 aromatic heterocycles. The Morgan fingerprint density at radius 2 is 2.00 bits per heavy atom. The van der Waals surface area contributed by atoms with Gasteiger partial charge in [0.2, 0.25) is 0 Å². The topological polar surface area (TPSA) is 159 Å². The number of nitrogens with one attached hydrogen (secondary N) is 2. The van der Waals surface area contributed by atoms with Crippen LogP contribution >= 0.6 is 7.60 Å². The number of rotatable bonds is 10. The van der Waals surface area contributed by atoms with Crippen LogP contribution in [0.3, 0.4) is 0 Å². The van der Waals surface area contributed by atoms with Gasteiger partial charge in [-0.25, -0.2) is 4.79 Å². The highest BCUT2D eigenvalue weighted by Crippen LogP contribution is 2.33. The van der Waals surface area contributed by atoms with Crippen molar-refractivity contribution in [1.82, 2.24) is 9.97 Å². The Kier molecular flexibility index (Phi) is 12.6. The molecule has 0 amide bonds. The average Bonchev–Trinajstić information content (AvgIpc) is 2.51. The number of H-pyrrole nitrogens is 2. The minimum atomic E-state index is -4.10. The molecule has 26 heavy (non-hydrogen) atoms. The van der Waals surface area contributed by atoms with Crippen LogP contribution in [0.5, 0.6) is 0 Å². The van der Waals surface area contributed by atoms with Crippen molar-refractivity contribution in [1.29, 1.82) is 0 Å². The van der Waals surface area contributed by atoms with Crippen LogP contribution in [-0.2, 0) is 18.8 Å². The molecule has 4 N–H and O–H groups in total. The molecular formula is C15H27N2O8P. The third kappa shape index (κ3) is 15.8. The van der Waals surface area contributed by atoms with Crippen molar-refractivity contribution in [3.63, 3.8) is 0 Å². The summed E-state index contributed by atoms with van der Waals surface area (Å²) in [5.41, 5.74) is -0.855. The maximum atomic E-state index is 11.3. The number of unbranched alkanes of at least 4 members (excludes halogenated alkanes) is 2. The highest BCUT2D eigenvalue weighted by molar-refractivity contribution is 7.51. The van der Waals surface area contributed by atoms with Gasteiger partial charge in [-0.1, -0.05) is 19.8 Å². The molecule has 0 aliphatic carbocycles. The molecule has 0 saturated heterocycles. The number of carbonyl (C=O) groups excluding carboxylic acids is 1. The lowest BCUT2D eigenvalue weighted by Crippen LogP contribution is -2.19. The molecule has 1 atom stereocenters. The molecule has 0 aromatic carbocycles. The van der Waals surface area contributed by atoms with E-state index in [9.17, 15) is 18.9 Å². The molecule has 0 aliphatic heterocycles. The lowest BCUT2D eigenvalue weighted by Gasteiger charge is -2.13. The highest BCUT2D eigenvalue weighted by Gasteiger charge is 2.14. The summed E-state index contributed by atoms with van der Waals surface area (Å²) in [5.74, 6) is -0.231. The maximum absolute atomic E-state index is 11.3. The van der Waals surface area contributed by atoms with Crippen molar-refractivity contribution in [3.8, 4) is 0 Å². The SMILES string of the molecule is CCCCCC(=O)OC(C)CCOCP(=O)(O)O.O=c1cc[nH]c(=O)[nH]1. The zero-order valence-electron chi connectivity index (χ0n) is 15.0. The molecular weight excluding hydrogens is 367 g/mol. The number of hydrogen-bond donors (Lipinski definition) is 4. The van der Waals surface area contributed by atoms with Crippen LogP contribution in [0.4, 0.5) is 0 Å². The second kappa shape index (κ2) is 13.5. The Labute approximate surface area is 151 Å². The summed E-state index contributed by atoms with van der Waals surface area (Å²) < 4.78 is 20.4. The van der Waals surface area contributed by atoms with Gasteiger partial charge in [0.15, 0.2) is 0 Å². The Bertz CT molecular complexity index is 641. The zero-order chi connectivity index (χ0) is 20.0. The fraction of sp³-hybridized carbons (Fsp3) is 0.667. The summed E-state index contributed by atoms with van der Waals surface area (Å²) in [7, 11) is -4.10. The van der Waals surface area contributed by atoms with Crippen LogP contribution in [0.15, 0.2) is 21.9 Å². The third-order valence-corrected chi connectivity index (χ3v) is 3.45. The van der Waals surface area contributed by atoms with Gasteiger partial charge in [0.05, 0.1) is 6.61 Å². The van der Waals surface area contributed by atoms with Crippen LogP contribution in [0.25, 0.3) is 0 Å². The molecule has 10 nitrogen and oxygen atoms in total. The first-order chi connectivity index (χ1) is 12.1. The third-order valence-electron chi connectivity index (χ3n) is 2.93. The quantitative estimate of drug-likeness (QED) is 0.261. The molecule has 1 heterocycles. The standard InChI is InChI=1S/C11H23O6P.C4H4N2O2/c1-3-4-5-6-11(12)17-10(2)7-8-16-9-18(13,14)15;7-3-1-2-5-4(8)6-3/h10H,3-9H2,1-2H3,(H2,13,14,15);1-2H,(H2,5,6,7,8).